The normalized spacial score (nSPS) is 12.7. The third-order valence-electron chi connectivity index (χ3n) is 13.8. The number of carbonyl (C=O) groups excluding carboxylic acids is 3. The van der Waals surface area contributed by atoms with Crippen LogP contribution in [0.3, 0.4) is 0 Å². The summed E-state index contributed by atoms with van der Waals surface area (Å²) in [6.45, 7) is 6.41. The first-order valence-electron chi connectivity index (χ1n) is 32.2. The molecular formula is C70H120O6. The summed E-state index contributed by atoms with van der Waals surface area (Å²) in [6.07, 6.45) is 85.6. The lowest BCUT2D eigenvalue weighted by molar-refractivity contribution is -0.167. The summed E-state index contributed by atoms with van der Waals surface area (Å²) in [7, 11) is 0. The maximum Gasteiger partial charge on any atom is 0.306 e. The van der Waals surface area contributed by atoms with Crippen LogP contribution in [0, 0.1) is 0 Å². The fourth-order valence-electron chi connectivity index (χ4n) is 9.07. The van der Waals surface area contributed by atoms with Crippen LogP contribution in [-0.4, -0.2) is 37.2 Å². The highest BCUT2D eigenvalue weighted by atomic mass is 16.6. The second kappa shape index (κ2) is 63.9. The lowest BCUT2D eigenvalue weighted by atomic mass is 10.0. The molecule has 0 aromatic heterocycles. The molecule has 0 spiro atoms. The molecule has 0 saturated heterocycles. The number of allylic oxidation sites excluding steroid dienone is 16. The monoisotopic (exact) mass is 1060 g/mol. The maximum atomic E-state index is 12.9. The van der Waals surface area contributed by atoms with Crippen LogP contribution in [0.1, 0.15) is 310 Å². The second-order valence-corrected chi connectivity index (χ2v) is 21.3. The minimum atomic E-state index is -0.800. The van der Waals surface area contributed by atoms with Crippen molar-refractivity contribution < 1.29 is 28.6 Å². The first-order chi connectivity index (χ1) is 37.5. The number of ether oxygens (including phenoxy) is 3. The van der Waals surface area contributed by atoms with Crippen molar-refractivity contribution in [2.45, 2.75) is 316 Å². The molecule has 1 atom stereocenters. The van der Waals surface area contributed by atoms with E-state index in [1.807, 2.05) is 0 Å². The van der Waals surface area contributed by atoms with Gasteiger partial charge in [-0.15, -0.1) is 0 Å². The average Bonchev–Trinajstić information content (AvgIpc) is 3.42. The molecule has 6 heteroatoms. The van der Waals surface area contributed by atoms with Crippen LogP contribution in [-0.2, 0) is 28.6 Å². The van der Waals surface area contributed by atoms with E-state index in [1.165, 1.54) is 154 Å². The summed E-state index contributed by atoms with van der Waals surface area (Å²) in [5.74, 6) is -0.932. The van der Waals surface area contributed by atoms with Crippen molar-refractivity contribution in [3.8, 4) is 0 Å². The van der Waals surface area contributed by atoms with Crippen LogP contribution in [0.5, 0.6) is 0 Å². The number of rotatable bonds is 58. The van der Waals surface area contributed by atoms with Crippen molar-refractivity contribution in [3.05, 3.63) is 97.2 Å². The predicted octanol–water partition coefficient (Wildman–Crippen LogP) is 22.0. The zero-order valence-electron chi connectivity index (χ0n) is 50.0. The number of carbonyl (C=O) groups is 3. The Morgan fingerprint density at radius 3 is 0.829 bits per heavy atom. The van der Waals surface area contributed by atoms with Gasteiger partial charge in [-0.1, -0.05) is 291 Å². The van der Waals surface area contributed by atoms with Crippen molar-refractivity contribution in [1.82, 2.24) is 0 Å². The van der Waals surface area contributed by atoms with E-state index in [0.717, 1.165) is 116 Å². The molecule has 0 amide bonds. The lowest BCUT2D eigenvalue weighted by Gasteiger charge is -2.18. The smallest absolute Gasteiger partial charge is 0.306 e. The average molecular weight is 1060 g/mol. The molecule has 76 heavy (non-hydrogen) atoms. The lowest BCUT2D eigenvalue weighted by Crippen LogP contribution is -2.30. The minimum absolute atomic E-state index is 0.0920. The molecular weight excluding hydrogens is 937 g/mol. The summed E-state index contributed by atoms with van der Waals surface area (Å²) in [6, 6.07) is 0. The van der Waals surface area contributed by atoms with E-state index < -0.39 is 6.10 Å². The van der Waals surface area contributed by atoms with Crippen molar-refractivity contribution in [2.75, 3.05) is 13.2 Å². The number of hydrogen-bond acceptors (Lipinski definition) is 6. The molecule has 0 aliphatic rings. The molecule has 0 aliphatic heterocycles. The van der Waals surface area contributed by atoms with Crippen LogP contribution in [0.15, 0.2) is 97.2 Å². The summed E-state index contributed by atoms with van der Waals surface area (Å²) >= 11 is 0. The molecule has 0 heterocycles. The summed E-state index contributed by atoms with van der Waals surface area (Å²) in [4.78, 5) is 38.3. The van der Waals surface area contributed by atoms with Crippen LogP contribution >= 0.6 is 0 Å². The molecule has 0 aromatic rings. The van der Waals surface area contributed by atoms with Gasteiger partial charge in [0, 0.05) is 19.3 Å². The second-order valence-electron chi connectivity index (χ2n) is 21.3. The van der Waals surface area contributed by atoms with Crippen LogP contribution in [0.4, 0.5) is 0 Å². The first-order valence-corrected chi connectivity index (χ1v) is 32.2. The molecule has 0 N–H and O–H groups in total. The molecule has 0 saturated carbocycles. The Labute approximate surface area is 470 Å². The van der Waals surface area contributed by atoms with Crippen molar-refractivity contribution >= 4 is 17.9 Å². The Balaban J connectivity index is 4.38. The number of hydrogen-bond donors (Lipinski definition) is 0. The van der Waals surface area contributed by atoms with Gasteiger partial charge in [-0.25, -0.2) is 0 Å². The van der Waals surface area contributed by atoms with Gasteiger partial charge in [0.05, 0.1) is 0 Å². The summed E-state index contributed by atoms with van der Waals surface area (Å²) < 4.78 is 16.9. The van der Waals surface area contributed by atoms with E-state index in [0.29, 0.717) is 19.3 Å². The topological polar surface area (TPSA) is 78.9 Å². The molecule has 0 fully saturated rings. The Morgan fingerprint density at radius 1 is 0.276 bits per heavy atom. The largest absolute Gasteiger partial charge is 0.462 e. The Morgan fingerprint density at radius 2 is 0.513 bits per heavy atom. The molecule has 0 radical (unpaired) electrons. The van der Waals surface area contributed by atoms with E-state index in [-0.39, 0.29) is 31.1 Å². The van der Waals surface area contributed by atoms with E-state index in [9.17, 15) is 14.4 Å². The van der Waals surface area contributed by atoms with Crippen LogP contribution in [0.2, 0.25) is 0 Å². The van der Waals surface area contributed by atoms with E-state index >= 15 is 0 Å². The molecule has 0 aliphatic carbocycles. The SMILES string of the molecule is CC/C=C\C/C=C\C/C=C\C/C=C\CCCCCCCCCCC(=O)OC(COC(=O)CCCC/C=C\C/C=C\C/C=C\C/C=C\CC)COC(=O)CCCCCCCCCCCCCCCCCCCCCCCC. The van der Waals surface area contributed by atoms with Gasteiger partial charge < -0.3 is 14.2 Å². The maximum absolute atomic E-state index is 12.9. The zero-order chi connectivity index (χ0) is 55.0. The highest BCUT2D eigenvalue weighted by molar-refractivity contribution is 5.71. The van der Waals surface area contributed by atoms with Gasteiger partial charge in [-0.2, -0.15) is 0 Å². The third kappa shape index (κ3) is 61.2. The van der Waals surface area contributed by atoms with Gasteiger partial charge in [0.25, 0.3) is 0 Å². The summed E-state index contributed by atoms with van der Waals surface area (Å²) in [5.41, 5.74) is 0. The van der Waals surface area contributed by atoms with Crippen molar-refractivity contribution in [1.29, 1.82) is 0 Å². The van der Waals surface area contributed by atoms with Crippen LogP contribution < -0.4 is 0 Å². The van der Waals surface area contributed by atoms with Crippen molar-refractivity contribution in [3.63, 3.8) is 0 Å². The predicted molar refractivity (Wildman–Crippen MR) is 330 cm³/mol. The number of unbranched alkanes of at least 4 members (excludes halogenated alkanes) is 31. The van der Waals surface area contributed by atoms with Gasteiger partial charge in [0.15, 0.2) is 6.10 Å². The highest BCUT2D eigenvalue weighted by Gasteiger charge is 2.19. The fraction of sp³-hybridized carbons (Fsp3) is 0.729. The molecule has 1 unspecified atom stereocenters. The molecule has 6 nitrogen and oxygen atoms in total. The van der Waals surface area contributed by atoms with E-state index in [2.05, 4.69) is 118 Å². The standard InChI is InChI=1S/C70H120O6/c1-4-7-10-13-16-19-22-25-28-30-32-34-36-37-39-42-45-48-51-54-57-60-63-69(72)75-66-67(65-74-68(71)62-59-56-53-50-47-44-41-27-24-21-18-15-12-9-6-3)76-70(73)64-61-58-55-52-49-46-43-40-38-35-33-31-29-26-23-20-17-14-11-8-5-2/h8-9,11-12,17-18,20-21,26-27,29,33,35,41,47,50,67H,4-7,10,13-16,19,22-25,28,30-32,34,36-40,42-46,48-49,51-66H2,1-3H3/b11-8-,12-9-,20-17-,21-18-,29-26-,35-33-,41-27-,50-47-. The Bertz CT molecular complexity index is 1490. The van der Waals surface area contributed by atoms with Crippen molar-refractivity contribution in [2.24, 2.45) is 0 Å². The molecule has 436 valence electrons. The third-order valence-corrected chi connectivity index (χ3v) is 13.8. The first kappa shape index (κ1) is 72.3. The molecule has 0 aromatic carbocycles. The molecule has 0 bridgehead atoms. The fourth-order valence-corrected chi connectivity index (χ4v) is 9.07. The van der Waals surface area contributed by atoms with Gasteiger partial charge in [0.1, 0.15) is 13.2 Å². The summed E-state index contributed by atoms with van der Waals surface area (Å²) in [5, 5.41) is 0. The van der Waals surface area contributed by atoms with E-state index in [4.69, 9.17) is 14.2 Å². The molecule has 0 rings (SSSR count). The van der Waals surface area contributed by atoms with Gasteiger partial charge >= 0.3 is 17.9 Å². The minimum Gasteiger partial charge on any atom is -0.462 e. The quantitative estimate of drug-likeness (QED) is 0.0261. The van der Waals surface area contributed by atoms with Crippen LogP contribution in [0.25, 0.3) is 0 Å². The van der Waals surface area contributed by atoms with Gasteiger partial charge in [-0.3, -0.25) is 14.4 Å². The zero-order valence-corrected chi connectivity index (χ0v) is 50.0. The Kier molecular flexibility index (Phi) is 60.8. The van der Waals surface area contributed by atoms with E-state index in [1.54, 1.807) is 0 Å². The highest BCUT2D eigenvalue weighted by Crippen LogP contribution is 2.17. The Hall–Kier alpha value is -3.67. The van der Waals surface area contributed by atoms with Gasteiger partial charge in [0.2, 0.25) is 0 Å². The number of esters is 3. The van der Waals surface area contributed by atoms with Gasteiger partial charge in [-0.05, 0) is 96.3 Å².